The van der Waals surface area contributed by atoms with Gasteiger partial charge in [0.1, 0.15) is 6.29 Å². The highest BCUT2D eigenvalue weighted by molar-refractivity contribution is 6.60. The van der Waals surface area contributed by atoms with Crippen LogP contribution in [0.1, 0.15) is 39.1 Å². The largest absolute Gasteiger partial charge is 0.489 e. The van der Waals surface area contributed by atoms with E-state index in [-0.39, 0.29) is 22.5 Å². The average molecular weight is 366 g/mol. The molecule has 0 spiro atoms. The zero-order valence-corrected chi connectivity index (χ0v) is 14.6. The SMILES string of the molecule is O=Cc1cc(C(=O)Nc2cccc(CN3CCCC3=O)c2)ccc1B(O)O. The molecule has 3 N–H and O–H groups in total. The number of nitrogens with one attached hydrogen (secondary N) is 1. The van der Waals surface area contributed by atoms with Gasteiger partial charge in [0.2, 0.25) is 5.91 Å². The highest BCUT2D eigenvalue weighted by atomic mass is 16.4. The number of aldehydes is 1. The van der Waals surface area contributed by atoms with Crippen LogP contribution in [-0.4, -0.2) is 46.7 Å². The molecule has 1 aliphatic rings. The van der Waals surface area contributed by atoms with Crippen molar-refractivity contribution in [2.45, 2.75) is 19.4 Å². The van der Waals surface area contributed by atoms with Crippen molar-refractivity contribution >= 4 is 36.4 Å². The van der Waals surface area contributed by atoms with E-state index in [9.17, 15) is 24.4 Å². The Morgan fingerprint density at radius 3 is 2.70 bits per heavy atom. The standard InChI is InChI=1S/C19H19BN2O5/c23-12-15-10-14(6-7-17(15)20(26)27)19(25)21-16-4-1-3-13(9-16)11-22-8-2-5-18(22)24/h1,3-4,6-7,9-10,12,26-27H,2,5,8,11H2,(H,21,25). The maximum absolute atomic E-state index is 12.5. The van der Waals surface area contributed by atoms with Gasteiger partial charge in [-0.05, 0) is 41.7 Å². The minimum absolute atomic E-state index is 0.0406. The number of rotatable bonds is 6. The van der Waals surface area contributed by atoms with Crippen LogP contribution in [0.25, 0.3) is 0 Å². The molecule has 1 heterocycles. The zero-order valence-electron chi connectivity index (χ0n) is 14.6. The van der Waals surface area contributed by atoms with Gasteiger partial charge >= 0.3 is 7.12 Å². The minimum Gasteiger partial charge on any atom is -0.423 e. The van der Waals surface area contributed by atoms with Gasteiger partial charge in [-0.25, -0.2) is 0 Å². The molecule has 0 aliphatic carbocycles. The minimum atomic E-state index is -1.78. The Labute approximate surface area is 156 Å². The smallest absolute Gasteiger partial charge is 0.423 e. The molecule has 0 radical (unpaired) electrons. The van der Waals surface area contributed by atoms with E-state index in [0.29, 0.717) is 24.9 Å². The van der Waals surface area contributed by atoms with Crippen molar-refractivity contribution in [1.82, 2.24) is 4.90 Å². The van der Waals surface area contributed by atoms with E-state index in [4.69, 9.17) is 0 Å². The molecule has 1 saturated heterocycles. The number of benzene rings is 2. The van der Waals surface area contributed by atoms with Crippen LogP contribution >= 0.6 is 0 Å². The maximum atomic E-state index is 12.5. The first-order chi connectivity index (χ1) is 13.0. The summed E-state index contributed by atoms with van der Waals surface area (Å²) in [6.45, 7) is 1.24. The first-order valence-corrected chi connectivity index (χ1v) is 8.61. The van der Waals surface area contributed by atoms with Crippen molar-refractivity contribution in [3.8, 4) is 0 Å². The molecular formula is C19H19BN2O5. The van der Waals surface area contributed by atoms with E-state index < -0.39 is 13.0 Å². The van der Waals surface area contributed by atoms with E-state index in [0.717, 1.165) is 18.5 Å². The Kier molecular flexibility index (Phi) is 5.68. The molecule has 2 amide bonds. The van der Waals surface area contributed by atoms with Crippen molar-refractivity contribution in [1.29, 1.82) is 0 Å². The molecule has 0 saturated carbocycles. The zero-order chi connectivity index (χ0) is 19.4. The number of carbonyl (C=O) groups excluding carboxylic acids is 3. The molecule has 2 aromatic rings. The molecule has 3 rings (SSSR count). The maximum Gasteiger partial charge on any atom is 0.489 e. The van der Waals surface area contributed by atoms with Gasteiger partial charge in [0.05, 0.1) is 0 Å². The van der Waals surface area contributed by atoms with E-state index in [1.807, 2.05) is 6.07 Å². The second-order valence-electron chi connectivity index (χ2n) is 6.41. The normalized spacial score (nSPS) is 13.6. The van der Waals surface area contributed by atoms with Crippen LogP contribution in [0.2, 0.25) is 0 Å². The molecular weight excluding hydrogens is 347 g/mol. The van der Waals surface area contributed by atoms with Crippen LogP contribution in [-0.2, 0) is 11.3 Å². The molecule has 0 aromatic heterocycles. The van der Waals surface area contributed by atoms with Crippen molar-refractivity contribution in [3.63, 3.8) is 0 Å². The van der Waals surface area contributed by atoms with E-state index in [2.05, 4.69) is 5.32 Å². The molecule has 2 aromatic carbocycles. The lowest BCUT2D eigenvalue weighted by molar-refractivity contribution is -0.128. The first-order valence-electron chi connectivity index (χ1n) is 8.61. The highest BCUT2D eigenvalue weighted by Crippen LogP contribution is 2.18. The van der Waals surface area contributed by atoms with Crippen molar-refractivity contribution in [2.24, 2.45) is 0 Å². The molecule has 138 valence electrons. The molecule has 1 aliphatic heterocycles. The van der Waals surface area contributed by atoms with E-state index >= 15 is 0 Å². The number of hydrogen-bond donors (Lipinski definition) is 3. The Balaban J connectivity index is 1.73. The summed E-state index contributed by atoms with van der Waals surface area (Å²) in [6, 6.07) is 11.3. The van der Waals surface area contributed by atoms with Crippen LogP contribution < -0.4 is 10.8 Å². The summed E-state index contributed by atoms with van der Waals surface area (Å²) in [4.78, 5) is 37.1. The molecule has 0 unspecified atom stereocenters. The van der Waals surface area contributed by atoms with Crippen LogP contribution in [0.3, 0.4) is 0 Å². The van der Waals surface area contributed by atoms with Crippen molar-refractivity contribution in [3.05, 3.63) is 59.2 Å². The lowest BCUT2D eigenvalue weighted by atomic mass is 9.77. The molecule has 1 fully saturated rings. The molecule has 0 bridgehead atoms. The van der Waals surface area contributed by atoms with Crippen molar-refractivity contribution < 1.29 is 24.4 Å². The lowest BCUT2D eigenvalue weighted by Gasteiger charge is -2.16. The van der Waals surface area contributed by atoms with Gasteiger partial charge in [0, 0.05) is 36.3 Å². The number of hydrogen-bond acceptors (Lipinski definition) is 5. The molecule has 0 atom stereocenters. The van der Waals surface area contributed by atoms with Gasteiger partial charge in [-0.1, -0.05) is 18.2 Å². The molecule has 7 nitrogen and oxygen atoms in total. The van der Waals surface area contributed by atoms with Gasteiger partial charge in [-0.2, -0.15) is 0 Å². The third kappa shape index (κ3) is 4.42. The van der Waals surface area contributed by atoms with Crippen LogP contribution in [0.5, 0.6) is 0 Å². The number of carbonyl (C=O) groups is 3. The van der Waals surface area contributed by atoms with Gasteiger partial charge in [0.25, 0.3) is 5.91 Å². The van der Waals surface area contributed by atoms with E-state index in [1.165, 1.54) is 18.2 Å². The topological polar surface area (TPSA) is 107 Å². The third-order valence-corrected chi connectivity index (χ3v) is 4.48. The third-order valence-electron chi connectivity index (χ3n) is 4.48. The second kappa shape index (κ2) is 8.15. The Morgan fingerprint density at radius 2 is 2.04 bits per heavy atom. The first kappa shape index (κ1) is 18.8. The summed E-state index contributed by atoms with van der Waals surface area (Å²) in [7, 11) is -1.78. The van der Waals surface area contributed by atoms with Gasteiger partial charge < -0.3 is 20.3 Å². The summed E-state index contributed by atoms with van der Waals surface area (Å²) in [5, 5.41) is 21.2. The monoisotopic (exact) mass is 366 g/mol. The summed E-state index contributed by atoms with van der Waals surface area (Å²) in [5.74, 6) is -0.288. The predicted octanol–water partition coefficient (Wildman–Crippen LogP) is 0.554. The van der Waals surface area contributed by atoms with Gasteiger partial charge in [-0.15, -0.1) is 0 Å². The average Bonchev–Trinajstić information content (AvgIpc) is 3.06. The Hall–Kier alpha value is -2.97. The van der Waals surface area contributed by atoms with E-state index in [1.54, 1.807) is 23.1 Å². The number of nitrogens with zero attached hydrogens (tertiary/aromatic N) is 1. The highest BCUT2D eigenvalue weighted by Gasteiger charge is 2.20. The summed E-state index contributed by atoms with van der Waals surface area (Å²) >= 11 is 0. The quantitative estimate of drug-likeness (QED) is 0.512. The second-order valence-corrected chi connectivity index (χ2v) is 6.41. The predicted molar refractivity (Wildman–Crippen MR) is 101 cm³/mol. The number of anilines is 1. The lowest BCUT2D eigenvalue weighted by Crippen LogP contribution is -2.33. The number of likely N-dealkylation sites (tertiary alicyclic amines) is 1. The molecule has 27 heavy (non-hydrogen) atoms. The van der Waals surface area contributed by atoms with Crippen molar-refractivity contribution in [2.75, 3.05) is 11.9 Å². The van der Waals surface area contributed by atoms with Crippen LogP contribution in [0.4, 0.5) is 5.69 Å². The molecule has 8 heteroatoms. The van der Waals surface area contributed by atoms with Crippen LogP contribution in [0.15, 0.2) is 42.5 Å². The fraction of sp³-hybridized carbons (Fsp3) is 0.211. The van der Waals surface area contributed by atoms with Gasteiger partial charge in [0.15, 0.2) is 0 Å². The Morgan fingerprint density at radius 1 is 1.22 bits per heavy atom. The number of amides is 2. The summed E-state index contributed by atoms with van der Waals surface area (Å²) in [6.07, 6.45) is 1.92. The van der Waals surface area contributed by atoms with Crippen LogP contribution in [0, 0.1) is 0 Å². The van der Waals surface area contributed by atoms with Gasteiger partial charge in [-0.3, -0.25) is 14.4 Å². The Bertz CT molecular complexity index is 884. The fourth-order valence-corrected chi connectivity index (χ4v) is 3.10. The fourth-order valence-electron chi connectivity index (χ4n) is 3.10. The summed E-state index contributed by atoms with van der Waals surface area (Å²) in [5.41, 5.74) is 1.79. The summed E-state index contributed by atoms with van der Waals surface area (Å²) < 4.78 is 0.